The molecule has 1 heterocycles. The number of nitrogens with zero attached hydrogens (tertiary/aromatic N) is 1. The Bertz CT molecular complexity index is 423. The quantitative estimate of drug-likeness (QED) is 0.911. The highest BCUT2D eigenvalue weighted by Gasteiger charge is 2.20. The lowest BCUT2D eigenvalue weighted by atomic mass is 10.0. The van der Waals surface area contributed by atoms with Crippen molar-refractivity contribution in [3.05, 3.63) is 34.1 Å². The molecule has 1 fully saturated rings. The molecule has 1 atom stereocenters. The SMILES string of the molecule is CC(C)CC1CN(Cc2cccc(F)c2Br)CCN1. The first-order chi connectivity index (χ1) is 9.06. The van der Waals surface area contributed by atoms with Gasteiger partial charge in [-0.05, 0) is 39.9 Å². The summed E-state index contributed by atoms with van der Waals surface area (Å²) in [5.41, 5.74) is 1.03. The molecule has 2 rings (SSSR count). The van der Waals surface area contributed by atoms with Crippen molar-refractivity contribution in [3.8, 4) is 0 Å². The Labute approximate surface area is 123 Å². The second-order valence-corrected chi connectivity index (χ2v) is 6.52. The first kappa shape index (κ1) is 14.9. The summed E-state index contributed by atoms with van der Waals surface area (Å²) < 4.78 is 14.1. The van der Waals surface area contributed by atoms with Crippen LogP contribution in [0.15, 0.2) is 22.7 Å². The van der Waals surface area contributed by atoms with E-state index in [1.165, 1.54) is 12.5 Å². The summed E-state index contributed by atoms with van der Waals surface area (Å²) >= 11 is 3.35. The third-order valence-electron chi connectivity index (χ3n) is 3.52. The number of benzene rings is 1. The number of halogens is 2. The third kappa shape index (κ3) is 4.26. The minimum atomic E-state index is -0.175. The Hall–Kier alpha value is -0.450. The molecule has 1 aliphatic heterocycles. The molecule has 106 valence electrons. The van der Waals surface area contributed by atoms with Crippen molar-refractivity contribution in [1.82, 2.24) is 10.2 Å². The van der Waals surface area contributed by atoms with Crippen molar-refractivity contribution in [1.29, 1.82) is 0 Å². The van der Waals surface area contributed by atoms with Crippen LogP contribution in [0.3, 0.4) is 0 Å². The van der Waals surface area contributed by atoms with Gasteiger partial charge in [0, 0.05) is 32.2 Å². The van der Waals surface area contributed by atoms with Crippen LogP contribution in [0.5, 0.6) is 0 Å². The lowest BCUT2D eigenvalue weighted by molar-refractivity contribution is 0.179. The Balaban J connectivity index is 1.97. The average molecular weight is 329 g/mol. The molecule has 1 unspecified atom stereocenters. The largest absolute Gasteiger partial charge is 0.311 e. The lowest BCUT2D eigenvalue weighted by Gasteiger charge is -2.34. The summed E-state index contributed by atoms with van der Waals surface area (Å²) in [6.45, 7) is 8.41. The first-order valence-electron chi connectivity index (χ1n) is 6.95. The van der Waals surface area contributed by atoms with Crippen molar-refractivity contribution in [3.63, 3.8) is 0 Å². The van der Waals surface area contributed by atoms with E-state index >= 15 is 0 Å². The van der Waals surface area contributed by atoms with Gasteiger partial charge in [0.2, 0.25) is 0 Å². The van der Waals surface area contributed by atoms with E-state index in [1.54, 1.807) is 6.07 Å². The van der Waals surface area contributed by atoms with E-state index in [1.807, 2.05) is 6.07 Å². The highest BCUT2D eigenvalue weighted by atomic mass is 79.9. The van der Waals surface area contributed by atoms with Crippen molar-refractivity contribution in [2.45, 2.75) is 32.9 Å². The molecule has 0 saturated carbocycles. The summed E-state index contributed by atoms with van der Waals surface area (Å²) in [7, 11) is 0. The molecule has 1 N–H and O–H groups in total. The van der Waals surface area contributed by atoms with Gasteiger partial charge in [0.15, 0.2) is 0 Å². The highest BCUT2D eigenvalue weighted by Crippen LogP contribution is 2.22. The van der Waals surface area contributed by atoms with Gasteiger partial charge in [-0.15, -0.1) is 0 Å². The molecular weight excluding hydrogens is 307 g/mol. The smallest absolute Gasteiger partial charge is 0.137 e. The van der Waals surface area contributed by atoms with Crippen molar-refractivity contribution < 1.29 is 4.39 Å². The molecule has 0 radical (unpaired) electrons. The van der Waals surface area contributed by atoms with Gasteiger partial charge in [-0.2, -0.15) is 0 Å². The summed E-state index contributed by atoms with van der Waals surface area (Å²) in [6.07, 6.45) is 1.20. The van der Waals surface area contributed by atoms with E-state index in [4.69, 9.17) is 0 Å². The summed E-state index contributed by atoms with van der Waals surface area (Å²) in [5.74, 6) is 0.532. The fourth-order valence-corrected chi connectivity index (χ4v) is 3.07. The second kappa shape index (κ2) is 6.82. The molecule has 1 aromatic carbocycles. The maximum Gasteiger partial charge on any atom is 0.137 e. The molecule has 0 amide bonds. The monoisotopic (exact) mass is 328 g/mol. The van der Waals surface area contributed by atoms with E-state index in [0.29, 0.717) is 16.4 Å². The van der Waals surface area contributed by atoms with E-state index in [9.17, 15) is 4.39 Å². The van der Waals surface area contributed by atoms with Gasteiger partial charge in [0.25, 0.3) is 0 Å². The zero-order valence-corrected chi connectivity index (χ0v) is 13.2. The van der Waals surface area contributed by atoms with Crippen LogP contribution in [0.25, 0.3) is 0 Å². The van der Waals surface area contributed by atoms with Gasteiger partial charge < -0.3 is 5.32 Å². The average Bonchev–Trinajstić information content (AvgIpc) is 2.35. The third-order valence-corrected chi connectivity index (χ3v) is 4.41. The Kier molecular flexibility index (Phi) is 5.37. The molecule has 0 bridgehead atoms. The fourth-order valence-electron chi connectivity index (χ4n) is 2.68. The normalized spacial score (nSPS) is 21.0. The minimum Gasteiger partial charge on any atom is -0.311 e. The number of hydrogen-bond acceptors (Lipinski definition) is 2. The maximum absolute atomic E-state index is 13.5. The summed E-state index contributed by atoms with van der Waals surface area (Å²) in [5, 5.41) is 3.56. The van der Waals surface area contributed by atoms with Crippen molar-refractivity contribution in [2.75, 3.05) is 19.6 Å². The van der Waals surface area contributed by atoms with E-state index in [2.05, 4.69) is 40.0 Å². The fraction of sp³-hybridized carbons (Fsp3) is 0.600. The lowest BCUT2D eigenvalue weighted by Crippen LogP contribution is -2.50. The molecule has 4 heteroatoms. The second-order valence-electron chi connectivity index (χ2n) is 5.73. The molecular formula is C15H22BrFN2. The molecule has 0 aromatic heterocycles. The van der Waals surface area contributed by atoms with Gasteiger partial charge in [-0.1, -0.05) is 26.0 Å². The maximum atomic E-state index is 13.5. The molecule has 1 saturated heterocycles. The van der Waals surface area contributed by atoms with Crippen LogP contribution < -0.4 is 5.32 Å². The predicted octanol–water partition coefficient (Wildman–Crippen LogP) is 3.41. The Morgan fingerprint density at radius 2 is 2.26 bits per heavy atom. The van der Waals surface area contributed by atoms with Crippen molar-refractivity contribution in [2.24, 2.45) is 5.92 Å². The number of piperazine rings is 1. The van der Waals surface area contributed by atoms with Crippen LogP contribution in [-0.2, 0) is 6.54 Å². The zero-order chi connectivity index (χ0) is 13.8. The van der Waals surface area contributed by atoms with Gasteiger partial charge >= 0.3 is 0 Å². The van der Waals surface area contributed by atoms with Crippen LogP contribution in [0.4, 0.5) is 4.39 Å². The van der Waals surface area contributed by atoms with Gasteiger partial charge in [-0.25, -0.2) is 4.39 Å². The minimum absolute atomic E-state index is 0.175. The molecule has 1 aromatic rings. The van der Waals surface area contributed by atoms with E-state index < -0.39 is 0 Å². The zero-order valence-electron chi connectivity index (χ0n) is 11.6. The molecule has 0 spiro atoms. The Morgan fingerprint density at radius 1 is 1.47 bits per heavy atom. The van der Waals surface area contributed by atoms with Gasteiger partial charge in [0.1, 0.15) is 5.82 Å². The van der Waals surface area contributed by atoms with Crippen LogP contribution in [0.1, 0.15) is 25.8 Å². The molecule has 0 aliphatic carbocycles. The Morgan fingerprint density at radius 3 is 3.00 bits per heavy atom. The number of rotatable bonds is 4. The van der Waals surface area contributed by atoms with Crippen LogP contribution in [0, 0.1) is 11.7 Å². The number of nitrogens with one attached hydrogen (secondary N) is 1. The van der Waals surface area contributed by atoms with Crippen LogP contribution in [0.2, 0.25) is 0 Å². The summed E-state index contributed by atoms with van der Waals surface area (Å²) in [4.78, 5) is 2.41. The topological polar surface area (TPSA) is 15.3 Å². The molecule has 2 nitrogen and oxygen atoms in total. The molecule has 1 aliphatic rings. The summed E-state index contributed by atoms with van der Waals surface area (Å²) in [6, 6.07) is 5.82. The predicted molar refractivity (Wildman–Crippen MR) is 80.6 cm³/mol. The van der Waals surface area contributed by atoms with Crippen LogP contribution in [-0.4, -0.2) is 30.6 Å². The van der Waals surface area contributed by atoms with E-state index in [-0.39, 0.29) is 5.82 Å². The van der Waals surface area contributed by atoms with Gasteiger partial charge in [-0.3, -0.25) is 4.90 Å². The van der Waals surface area contributed by atoms with E-state index in [0.717, 1.165) is 31.7 Å². The molecule has 19 heavy (non-hydrogen) atoms. The van der Waals surface area contributed by atoms with Crippen LogP contribution >= 0.6 is 15.9 Å². The first-order valence-corrected chi connectivity index (χ1v) is 7.74. The standard InChI is InChI=1S/C15H22BrFN2/c1-11(2)8-13-10-19(7-6-18-13)9-12-4-3-5-14(17)15(12)16/h3-5,11,13,18H,6-10H2,1-2H3. The van der Waals surface area contributed by atoms with Crippen molar-refractivity contribution >= 4 is 15.9 Å². The highest BCUT2D eigenvalue weighted by molar-refractivity contribution is 9.10. The number of hydrogen-bond donors (Lipinski definition) is 1. The van der Waals surface area contributed by atoms with Gasteiger partial charge in [0.05, 0.1) is 4.47 Å².